The lowest BCUT2D eigenvalue weighted by Crippen LogP contribution is -2.33. The first-order chi connectivity index (χ1) is 16.8. The van der Waals surface area contributed by atoms with E-state index >= 15 is 0 Å². The van der Waals surface area contributed by atoms with Gasteiger partial charge in [0.2, 0.25) is 6.79 Å². The van der Waals surface area contributed by atoms with Gasteiger partial charge in [-0.3, -0.25) is 9.55 Å². The minimum absolute atomic E-state index is 0.0272. The van der Waals surface area contributed by atoms with Gasteiger partial charge in [-0.05, 0) is 53.9 Å². The smallest absolute Gasteiger partial charge is 0.416 e. The van der Waals surface area contributed by atoms with Gasteiger partial charge in [-0.25, -0.2) is 15.7 Å². The fourth-order valence-electron chi connectivity index (χ4n) is 3.64. The van der Waals surface area contributed by atoms with Gasteiger partial charge in [0.15, 0.2) is 0 Å². The maximum absolute atomic E-state index is 13.0. The van der Waals surface area contributed by atoms with E-state index in [1.165, 1.54) is 0 Å². The van der Waals surface area contributed by atoms with Crippen LogP contribution in [0.1, 0.15) is 5.56 Å². The Morgan fingerprint density at radius 2 is 1.80 bits per heavy atom. The second-order valence-corrected chi connectivity index (χ2v) is 7.66. The molecule has 0 unspecified atom stereocenters. The first kappa shape index (κ1) is 22.4. The van der Waals surface area contributed by atoms with Crippen molar-refractivity contribution in [1.29, 1.82) is 0 Å². The third-order valence-corrected chi connectivity index (χ3v) is 5.43. The van der Waals surface area contributed by atoms with Crippen LogP contribution in [0, 0.1) is 0 Å². The molecular weight excluding hydrogens is 461 g/mol. The Morgan fingerprint density at radius 1 is 0.943 bits per heavy atom. The Morgan fingerprint density at radius 3 is 2.63 bits per heavy atom. The molecule has 11 heteroatoms. The van der Waals surface area contributed by atoms with E-state index in [4.69, 9.17) is 21.2 Å². The molecule has 2 aromatic carbocycles. The number of nitrogen functional groups attached to an aromatic ring is 1. The summed E-state index contributed by atoms with van der Waals surface area (Å²) in [5, 5.41) is 3.47. The van der Waals surface area contributed by atoms with Gasteiger partial charge in [-0.1, -0.05) is 6.07 Å². The highest BCUT2D eigenvalue weighted by molar-refractivity contribution is 5.86. The van der Waals surface area contributed by atoms with Crippen LogP contribution in [0.4, 0.5) is 24.5 Å². The molecule has 8 nitrogen and oxygen atoms in total. The minimum Gasteiger partial charge on any atom is -0.465 e. The van der Waals surface area contributed by atoms with Crippen molar-refractivity contribution in [3.63, 3.8) is 0 Å². The average Bonchev–Trinajstić information content (AvgIpc) is 3.27. The number of rotatable bonds is 6. The van der Waals surface area contributed by atoms with E-state index in [-0.39, 0.29) is 18.2 Å². The fraction of sp³-hybridized carbons (Fsp3) is 0.0833. The third kappa shape index (κ3) is 4.54. The molecule has 0 atom stereocenters. The van der Waals surface area contributed by atoms with Crippen molar-refractivity contribution >= 4 is 33.1 Å². The molecule has 0 aliphatic heterocycles. The second kappa shape index (κ2) is 8.78. The third-order valence-electron chi connectivity index (χ3n) is 5.43. The van der Waals surface area contributed by atoms with Crippen LogP contribution in [0.3, 0.4) is 0 Å². The number of nitrogens with zero attached hydrogens (tertiary/aromatic N) is 4. The molecule has 5 aromatic rings. The Kier molecular flexibility index (Phi) is 5.63. The molecule has 3 aromatic heterocycles. The van der Waals surface area contributed by atoms with Gasteiger partial charge >= 0.3 is 6.18 Å². The number of hydrogen-bond donors (Lipinski definition) is 2. The van der Waals surface area contributed by atoms with E-state index in [0.29, 0.717) is 10.9 Å². The number of pyridine rings is 2. The van der Waals surface area contributed by atoms with Crippen molar-refractivity contribution in [2.24, 2.45) is 5.84 Å². The van der Waals surface area contributed by atoms with Gasteiger partial charge in [-0.2, -0.15) is 18.3 Å². The number of hydrogen-bond acceptors (Lipinski definition) is 7. The summed E-state index contributed by atoms with van der Waals surface area (Å²) < 4.78 is 46.4. The first-order valence-electron chi connectivity index (χ1n) is 10.4. The van der Waals surface area contributed by atoms with Crippen LogP contribution in [0.25, 0.3) is 27.5 Å². The lowest BCUT2D eigenvalue weighted by atomic mass is 10.1. The van der Waals surface area contributed by atoms with Crippen LogP contribution >= 0.6 is 0 Å². The predicted molar refractivity (Wildman–Crippen MR) is 125 cm³/mol. The van der Waals surface area contributed by atoms with E-state index in [2.05, 4.69) is 9.97 Å². The Bertz CT molecular complexity index is 1520. The van der Waals surface area contributed by atoms with Gasteiger partial charge in [-0.15, -0.1) is 0 Å². The number of anilines is 2. The van der Waals surface area contributed by atoms with Crippen molar-refractivity contribution in [3.05, 3.63) is 84.9 Å². The lowest BCUT2D eigenvalue weighted by Gasteiger charge is -2.21. The van der Waals surface area contributed by atoms with Crippen LogP contribution in [-0.2, 0) is 11.0 Å². The monoisotopic (exact) mass is 480 g/mol. The normalized spacial score (nSPS) is 11.8. The van der Waals surface area contributed by atoms with Crippen LogP contribution in [0.2, 0.25) is 0 Å². The zero-order valence-electron chi connectivity index (χ0n) is 18.1. The van der Waals surface area contributed by atoms with Crippen LogP contribution < -0.4 is 21.5 Å². The summed E-state index contributed by atoms with van der Waals surface area (Å²) in [7, 11) is 0. The van der Waals surface area contributed by atoms with Gasteiger partial charge in [0.1, 0.15) is 17.3 Å². The maximum atomic E-state index is 13.0. The molecule has 0 amide bonds. The van der Waals surface area contributed by atoms with Crippen molar-refractivity contribution in [3.8, 4) is 11.6 Å². The number of ether oxygens (including phenoxy) is 1. The predicted octanol–water partition coefficient (Wildman–Crippen LogP) is 4.82. The van der Waals surface area contributed by atoms with E-state index in [9.17, 15) is 13.2 Å². The number of aromatic nitrogens is 3. The zero-order chi connectivity index (χ0) is 24.6. The van der Waals surface area contributed by atoms with Crippen molar-refractivity contribution < 1.29 is 22.7 Å². The maximum Gasteiger partial charge on any atom is 0.416 e. The van der Waals surface area contributed by atoms with E-state index in [0.717, 1.165) is 45.7 Å². The van der Waals surface area contributed by atoms with Gasteiger partial charge in [0, 0.05) is 29.4 Å². The van der Waals surface area contributed by atoms with Gasteiger partial charge in [0.25, 0.3) is 0 Å². The van der Waals surface area contributed by atoms with Gasteiger partial charge < -0.3 is 10.5 Å². The quantitative estimate of drug-likeness (QED) is 0.155. The van der Waals surface area contributed by atoms with Crippen LogP contribution in [0.5, 0.6) is 5.75 Å². The molecule has 0 aliphatic rings. The summed E-state index contributed by atoms with van der Waals surface area (Å²) in [5.74, 6) is 6.94. The summed E-state index contributed by atoms with van der Waals surface area (Å²) in [5.41, 5.74) is 5.68. The molecule has 0 bridgehead atoms. The highest BCUT2D eigenvalue weighted by Crippen LogP contribution is 2.34. The molecule has 0 aliphatic carbocycles. The lowest BCUT2D eigenvalue weighted by molar-refractivity contribution is -0.137. The molecule has 35 heavy (non-hydrogen) atoms. The van der Waals surface area contributed by atoms with Crippen molar-refractivity contribution in [1.82, 2.24) is 14.5 Å². The topological polar surface area (TPSA) is 104 Å². The van der Waals surface area contributed by atoms with Gasteiger partial charge in [0.05, 0.1) is 23.0 Å². The summed E-state index contributed by atoms with van der Waals surface area (Å²) in [6.07, 6.45) is 2.64. The zero-order valence-corrected chi connectivity index (χ0v) is 18.1. The molecular formula is C24H19F3N6O2. The largest absolute Gasteiger partial charge is 0.465 e. The second-order valence-electron chi connectivity index (χ2n) is 7.66. The summed E-state index contributed by atoms with van der Waals surface area (Å²) >= 11 is 0. The molecule has 4 N–H and O–H groups in total. The molecule has 0 fully saturated rings. The Labute approximate surface area is 197 Å². The highest BCUT2D eigenvalue weighted by atomic mass is 19.4. The number of benzene rings is 2. The molecule has 0 spiro atoms. The standard InChI is InChI=1S/C24H19F3N6O2/c25-24(26,27)18-2-4-20(28)21(11-18)33(29)35-14-34-19-3-1-16-10-23(31-12-17(16)9-19)32-8-6-15-5-7-30-13-22(15)32/h1-13H,14,28-29H2. The number of hydrazine groups is 1. The van der Waals surface area contributed by atoms with Crippen LogP contribution in [0.15, 0.2) is 79.4 Å². The fourth-order valence-corrected chi connectivity index (χ4v) is 3.64. The summed E-state index contributed by atoms with van der Waals surface area (Å²) in [6, 6.07) is 14.0. The molecule has 0 saturated heterocycles. The molecule has 5 rings (SSSR count). The van der Waals surface area contributed by atoms with Crippen molar-refractivity contribution in [2.75, 3.05) is 17.7 Å². The van der Waals surface area contributed by atoms with Crippen molar-refractivity contribution in [2.45, 2.75) is 6.18 Å². The average molecular weight is 480 g/mol. The summed E-state index contributed by atoms with van der Waals surface area (Å²) in [6.45, 7) is -0.356. The number of nitrogens with two attached hydrogens (primary N) is 2. The minimum atomic E-state index is -4.54. The first-order valence-corrected chi connectivity index (χ1v) is 10.4. The Hall–Kier alpha value is -4.35. The van der Waals surface area contributed by atoms with E-state index in [1.807, 2.05) is 35.0 Å². The molecule has 3 heterocycles. The summed E-state index contributed by atoms with van der Waals surface area (Å²) in [4.78, 5) is 13.9. The Balaban J connectivity index is 1.28. The number of alkyl halides is 3. The number of halogens is 3. The van der Waals surface area contributed by atoms with E-state index < -0.39 is 11.7 Å². The molecule has 0 saturated carbocycles. The van der Waals surface area contributed by atoms with Crippen LogP contribution in [-0.4, -0.2) is 21.3 Å². The highest BCUT2D eigenvalue weighted by Gasteiger charge is 2.31. The molecule has 0 radical (unpaired) electrons. The number of fused-ring (bicyclic) bond motifs is 2. The molecule has 178 valence electrons. The van der Waals surface area contributed by atoms with E-state index in [1.54, 1.807) is 30.7 Å². The SMILES string of the molecule is Nc1ccc(C(F)(F)F)cc1N(N)OCOc1ccc2cc(-n3ccc4ccncc43)ncc2c1.